The Hall–Kier alpha value is -2.30. The van der Waals surface area contributed by atoms with E-state index in [9.17, 15) is 9.59 Å². The van der Waals surface area contributed by atoms with E-state index >= 15 is 0 Å². The molecule has 0 bridgehead atoms. The third-order valence-corrected chi connectivity index (χ3v) is 4.44. The molecule has 1 fully saturated rings. The van der Waals surface area contributed by atoms with Crippen molar-refractivity contribution >= 4 is 18.0 Å². The number of hydrogen-bond donors (Lipinski definition) is 0. The number of methoxy groups -OCH3 is 1. The minimum atomic E-state index is -0.286. The van der Waals surface area contributed by atoms with Crippen molar-refractivity contribution in [2.24, 2.45) is 0 Å². The summed E-state index contributed by atoms with van der Waals surface area (Å²) in [7, 11) is 1.37. The molecule has 0 N–H and O–H groups in total. The first-order valence-electron chi connectivity index (χ1n) is 8.92. The van der Waals surface area contributed by atoms with Crippen LogP contribution < -0.4 is 4.74 Å². The maximum atomic E-state index is 12.6. The Bertz CT molecular complexity index is 588. The molecule has 2 rings (SSSR count). The third kappa shape index (κ3) is 5.93. The number of rotatable bonds is 8. The molecule has 0 aliphatic heterocycles. The molecule has 1 amide bonds. The van der Waals surface area contributed by atoms with Gasteiger partial charge in [-0.15, -0.1) is 0 Å². The van der Waals surface area contributed by atoms with E-state index in [4.69, 9.17) is 9.47 Å². The van der Waals surface area contributed by atoms with Crippen molar-refractivity contribution in [2.75, 3.05) is 20.3 Å². The monoisotopic (exact) mass is 345 g/mol. The van der Waals surface area contributed by atoms with Crippen LogP contribution in [-0.4, -0.2) is 43.1 Å². The highest BCUT2D eigenvalue weighted by Crippen LogP contribution is 2.24. The molecule has 136 valence electrons. The minimum Gasteiger partial charge on any atom is -0.494 e. The van der Waals surface area contributed by atoms with Crippen LogP contribution in [0.5, 0.6) is 5.75 Å². The fraction of sp³-hybridized carbons (Fsp3) is 0.500. The molecule has 0 aromatic heterocycles. The van der Waals surface area contributed by atoms with Crippen molar-refractivity contribution in [1.82, 2.24) is 4.90 Å². The topological polar surface area (TPSA) is 55.8 Å². The normalized spacial score (nSPS) is 14.6. The molecule has 0 unspecified atom stereocenters. The molecule has 0 saturated heterocycles. The van der Waals surface area contributed by atoms with E-state index in [1.54, 1.807) is 12.2 Å². The highest BCUT2D eigenvalue weighted by molar-refractivity contribution is 5.92. The molecular formula is C20H27NO4. The summed E-state index contributed by atoms with van der Waals surface area (Å²) >= 11 is 0. The van der Waals surface area contributed by atoms with Gasteiger partial charge in [0.1, 0.15) is 5.75 Å². The number of carbonyl (C=O) groups excluding carboxylic acids is 2. The molecule has 0 spiro atoms. The molecular weight excluding hydrogens is 318 g/mol. The average molecular weight is 345 g/mol. The summed E-state index contributed by atoms with van der Waals surface area (Å²) in [5.41, 5.74) is 0.941. The zero-order valence-electron chi connectivity index (χ0n) is 15.1. The zero-order valence-corrected chi connectivity index (χ0v) is 15.1. The molecule has 1 aliphatic rings. The first-order chi connectivity index (χ1) is 12.1. The summed E-state index contributed by atoms with van der Waals surface area (Å²) in [6.45, 7) is 2.98. The molecule has 0 atom stereocenters. The Morgan fingerprint density at radius 3 is 2.48 bits per heavy atom. The second-order valence-corrected chi connectivity index (χ2v) is 6.13. The van der Waals surface area contributed by atoms with Gasteiger partial charge in [0.25, 0.3) is 0 Å². The van der Waals surface area contributed by atoms with Gasteiger partial charge in [-0.25, -0.2) is 0 Å². The van der Waals surface area contributed by atoms with Gasteiger partial charge in [-0.2, -0.15) is 0 Å². The number of hydrogen-bond acceptors (Lipinski definition) is 4. The van der Waals surface area contributed by atoms with E-state index in [2.05, 4.69) is 0 Å². The highest BCUT2D eigenvalue weighted by atomic mass is 16.5. The number of nitrogens with zero attached hydrogens (tertiary/aromatic N) is 1. The standard InChI is InChI=1S/C20H27NO4/c1-3-25-18-11-8-16(9-12-18)10-13-19(22)21(15-14-20(23)24-2)17-6-4-5-7-17/h8-13,17H,3-7,14-15H2,1-2H3/b13-10+. The van der Waals surface area contributed by atoms with Crippen LogP contribution in [0.15, 0.2) is 30.3 Å². The first kappa shape index (κ1) is 19.0. The Kier molecular flexibility index (Phi) is 7.51. The predicted molar refractivity (Wildman–Crippen MR) is 97.2 cm³/mol. The summed E-state index contributed by atoms with van der Waals surface area (Å²) in [6, 6.07) is 7.84. The largest absolute Gasteiger partial charge is 0.494 e. The van der Waals surface area contributed by atoms with Crippen molar-refractivity contribution in [1.29, 1.82) is 0 Å². The van der Waals surface area contributed by atoms with Gasteiger partial charge in [0.2, 0.25) is 5.91 Å². The van der Waals surface area contributed by atoms with E-state index in [1.165, 1.54) is 7.11 Å². The Labute approximate surface area is 149 Å². The number of carbonyl (C=O) groups is 2. The van der Waals surface area contributed by atoms with E-state index in [0.717, 1.165) is 37.0 Å². The van der Waals surface area contributed by atoms with Gasteiger partial charge in [0.15, 0.2) is 0 Å². The van der Waals surface area contributed by atoms with Crippen LogP contribution in [-0.2, 0) is 14.3 Å². The summed E-state index contributed by atoms with van der Waals surface area (Å²) in [4.78, 5) is 25.9. The Morgan fingerprint density at radius 1 is 1.20 bits per heavy atom. The third-order valence-electron chi connectivity index (χ3n) is 4.44. The minimum absolute atomic E-state index is 0.0512. The number of esters is 1. The molecule has 1 aromatic rings. The van der Waals surface area contributed by atoms with E-state index in [-0.39, 0.29) is 24.3 Å². The fourth-order valence-corrected chi connectivity index (χ4v) is 3.11. The van der Waals surface area contributed by atoms with Crippen LogP contribution in [0.4, 0.5) is 0 Å². The first-order valence-corrected chi connectivity index (χ1v) is 8.92. The summed E-state index contributed by atoms with van der Waals surface area (Å²) in [5.74, 6) is 0.479. The Morgan fingerprint density at radius 2 is 1.88 bits per heavy atom. The average Bonchev–Trinajstić information content (AvgIpc) is 3.15. The lowest BCUT2D eigenvalue weighted by molar-refractivity contribution is -0.141. The van der Waals surface area contributed by atoms with Crippen LogP contribution in [0, 0.1) is 0 Å². The lowest BCUT2D eigenvalue weighted by atomic mass is 10.1. The highest BCUT2D eigenvalue weighted by Gasteiger charge is 2.25. The molecule has 1 aliphatic carbocycles. The van der Waals surface area contributed by atoms with Crippen molar-refractivity contribution in [2.45, 2.75) is 45.1 Å². The molecule has 1 saturated carbocycles. The molecule has 5 heteroatoms. The lowest BCUT2D eigenvalue weighted by Crippen LogP contribution is -2.39. The SMILES string of the molecule is CCOc1ccc(/C=C/C(=O)N(CCC(=O)OC)C2CCCC2)cc1. The molecule has 0 heterocycles. The number of ether oxygens (including phenoxy) is 2. The maximum absolute atomic E-state index is 12.6. The van der Waals surface area contributed by atoms with Crippen LogP contribution in [0.25, 0.3) is 6.08 Å². The van der Waals surface area contributed by atoms with E-state index < -0.39 is 0 Å². The van der Waals surface area contributed by atoms with Gasteiger partial charge in [-0.1, -0.05) is 25.0 Å². The summed E-state index contributed by atoms with van der Waals surface area (Å²) < 4.78 is 10.1. The molecule has 0 radical (unpaired) electrons. The predicted octanol–water partition coefficient (Wildman–Crippen LogP) is 3.43. The second-order valence-electron chi connectivity index (χ2n) is 6.13. The van der Waals surface area contributed by atoms with Gasteiger partial charge in [0.05, 0.1) is 20.1 Å². The van der Waals surface area contributed by atoms with Gasteiger partial charge in [-0.05, 0) is 43.5 Å². The lowest BCUT2D eigenvalue weighted by Gasteiger charge is -2.27. The number of benzene rings is 1. The quantitative estimate of drug-likeness (QED) is 0.535. The Balaban J connectivity index is 2.00. The van der Waals surface area contributed by atoms with Crippen molar-refractivity contribution in [3.8, 4) is 5.75 Å². The van der Waals surface area contributed by atoms with Gasteiger partial charge >= 0.3 is 5.97 Å². The van der Waals surface area contributed by atoms with Crippen LogP contribution >= 0.6 is 0 Å². The smallest absolute Gasteiger partial charge is 0.307 e. The van der Waals surface area contributed by atoms with Crippen molar-refractivity contribution in [3.63, 3.8) is 0 Å². The second kappa shape index (κ2) is 9.87. The summed E-state index contributed by atoms with van der Waals surface area (Å²) in [5, 5.41) is 0. The van der Waals surface area contributed by atoms with E-state index in [1.807, 2.05) is 36.1 Å². The van der Waals surface area contributed by atoms with Crippen LogP contribution in [0.3, 0.4) is 0 Å². The molecule has 1 aromatic carbocycles. The van der Waals surface area contributed by atoms with Gasteiger partial charge < -0.3 is 14.4 Å². The maximum Gasteiger partial charge on any atom is 0.307 e. The molecule has 5 nitrogen and oxygen atoms in total. The van der Waals surface area contributed by atoms with Crippen LogP contribution in [0.1, 0.15) is 44.6 Å². The molecule has 25 heavy (non-hydrogen) atoms. The van der Waals surface area contributed by atoms with Gasteiger partial charge in [-0.3, -0.25) is 9.59 Å². The van der Waals surface area contributed by atoms with Crippen molar-refractivity contribution < 1.29 is 19.1 Å². The fourth-order valence-electron chi connectivity index (χ4n) is 3.11. The zero-order chi connectivity index (χ0) is 18.1. The van der Waals surface area contributed by atoms with E-state index in [0.29, 0.717) is 13.2 Å². The van der Waals surface area contributed by atoms with Crippen molar-refractivity contribution in [3.05, 3.63) is 35.9 Å². The summed E-state index contributed by atoms with van der Waals surface area (Å²) in [6.07, 6.45) is 7.90. The number of amides is 1. The van der Waals surface area contributed by atoms with Gasteiger partial charge in [0, 0.05) is 18.7 Å². The van der Waals surface area contributed by atoms with Crippen LogP contribution in [0.2, 0.25) is 0 Å².